The second-order valence-electron chi connectivity index (χ2n) is 8.26. The van der Waals surface area contributed by atoms with Gasteiger partial charge in [-0.3, -0.25) is 0 Å². The van der Waals surface area contributed by atoms with Gasteiger partial charge in [0.25, 0.3) is 5.79 Å². The Balaban J connectivity index is 1.53. The number of carbonyl (C=O) groups excluding carboxylic acids is 1. The Morgan fingerprint density at radius 3 is 2.16 bits per heavy atom. The van der Waals surface area contributed by atoms with Crippen molar-refractivity contribution in [1.82, 2.24) is 0 Å². The molecule has 1 saturated heterocycles. The number of rotatable bonds is 11. The van der Waals surface area contributed by atoms with Gasteiger partial charge < -0.3 is 18.9 Å². The molecule has 0 aliphatic carbocycles. The highest BCUT2D eigenvalue weighted by atomic mass is 16.8. The Morgan fingerprint density at radius 2 is 1.50 bits per heavy atom. The Bertz CT molecular complexity index is 828. The molecule has 1 aromatic carbocycles. The first-order valence-corrected chi connectivity index (χ1v) is 11.5. The van der Waals surface area contributed by atoms with Gasteiger partial charge in [0.15, 0.2) is 6.10 Å². The van der Waals surface area contributed by atoms with Crippen molar-refractivity contribution in [2.24, 2.45) is 0 Å². The Hall–Kier alpha value is -2.31. The number of ether oxygens (including phenoxy) is 4. The monoisotopic (exact) mass is 440 g/mol. The quantitative estimate of drug-likeness (QED) is 0.268. The first kappa shape index (κ1) is 25.9. The first-order valence-electron chi connectivity index (χ1n) is 11.5. The van der Waals surface area contributed by atoms with E-state index in [4.69, 9.17) is 18.9 Å². The predicted molar refractivity (Wildman–Crippen MR) is 124 cm³/mol. The number of esters is 1. The largest absolute Gasteiger partial charge is 0.425 e. The lowest BCUT2D eigenvalue weighted by Crippen LogP contribution is -2.64. The molecule has 0 amide bonds. The van der Waals surface area contributed by atoms with Gasteiger partial charge in [-0.15, -0.1) is 0 Å². The summed E-state index contributed by atoms with van der Waals surface area (Å²) < 4.78 is 22.2. The molecule has 1 aliphatic heterocycles. The SMILES string of the molecule is COC1(C)OC(=O)C(CCCCCCCCCC#CC#Cc2ccccc2)OC1(C)OC. The number of hydrogen-bond donors (Lipinski definition) is 0. The minimum absolute atomic E-state index is 0.390. The number of cyclic esters (lactones) is 1. The second kappa shape index (κ2) is 13.3. The zero-order chi connectivity index (χ0) is 23.3. The molecular weight excluding hydrogens is 404 g/mol. The summed E-state index contributed by atoms with van der Waals surface area (Å²) in [5.74, 6) is 9.23. The summed E-state index contributed by atoms with van der Waals surface area (Å²) in [7, 11) is 3.00. The third-order valence-corrected chi connectivity index (χ3v) is 5.93. The van der Waals surface area contributed by atoms with E-state index in [1.807, 2.05) is 30.3 Å². The van der Waals surface area contributed by atoms with Crippen molar-refractivity contribution in [3.05, 3.63) is 35.9 Å². The normalized spacial score (nSPS) is 24.6. The van der Waals surface area contributed by atoms with Crippen molar-refractivity contribution in [3.63, 3.8) is 0 Å². The molecule has 0 bridgehead atoms. The maximum atomic E-state index is 12.3. The van der Waals surface area contributed by atoms with E-state index in [2.05, 4.69) is 23.7 Å². The molecule has 2 rings (SSSR count). The van der Waals surface area contributed by atoms with Crippen LogP contribution < -0.4 is 0 Å². The van der Waals surface area contributed by atoms with Gasteiger partial charge in [-0.05, 0) is 43.7 Å². The van der Waals surface area contributed by atoms with Crippen molar-refractivity contribution < 1.29 is 23.7 Å². The molecule has 0 N–H and O–H groups in total. The zero-order valence-corrected chi connectivity index (χ0v) is 19.9. The highest BCUT2D eigenvalue weighted by molar-refractivity contribution is 5.76. The lowest BCUT2D eigenvalue weighted by atomic mass is 10.0. The fraction of sp³-hybridized carbons (Fsp3) is 0.593. The van der Waals surface area contributed by atoms with Crippen LogP contribution in [0.1, 0.15) is 77.2 Å². The molecule has 0 radical (unpaired) electrons. The Labute approximate surface area is 193 Å². The van der Waals surface area contributed by atoms with Gasteiger partial charge in [0.1, 0.15) is 0 Å². The van der Waals surface area contributed by atoms with E-state index in [0.717, 1.165) is 37.7 Å². The molecule has 0 aromatic heterocycles. The van der Waals surface area contributed by atoms with Gasteiger partial charge in [0.05, 0.1) is 0 Å². The minimum atomic E-state index is -1.26. The van der Waals surface area contributed by atoms with Crippen molar-refractivity contribution in [3.8, 4) is 23.7 Å². The molecule has 174 valence electrons. The van der Waals surface area contributed by atoms with Crippen LogP contribution in [0.3, 0.4) is 0 Å². The van der Waals surface area contributed by atoms with E-state index in [1.54, 1.807) is 13.8 Å². The van der Waals surface area contributed by atoms with E-state index >= 15 is 0 Å². The van der Waals surface area contributed by atoms with Crippen LogP contribution in [0.4, 0.5) is 0 Å². The summed E-state index contributed by atoms with van der Waals surface area (Å²) in [5.41, 5.74) is 0.995. The summed E-state index contributed by atoms with van der Waals surface area (Å²) >= 11 is 0. The molecule has 1 aliphatic rings. The summed E-state index contributed by atoms with van der Waals surface area (Å²) in [5, 5.41) is 0. The summed E-state index contributed by atoms with van der Waals surface area (Å²) in [6, 6.07) is 9.89. The number of unbranched alkanes of at least 4 members (excludes halogenated alkanes) is 7. The second-order valence-corrected chi connectivity index (χ2v) is 8.26. The van der Waals surface area contributed by atoms with Crippen molar-refractivity contribution in [2.45, 2.75) is 89.3 Å². The van der Waals surface area contributed by atoms with Crippen LogP contribution in [0.15, 0.2) is 30.3 Å². The Morgan fingerprint density at radius 1 is 0.875 bits per heavy atom. The lowest BCUT2D eigenvalue weighted by Gasteiger charge is -2.47. The zero-order valence-electron chi connectivity index (χ0n) is 19.9. The molecule has 0 spiro atoms. The van der Waals surface area contributed by atoms with E-state index in [9.17, 15) is 4.79 Å². The van der Waals surface area contributed by atoms with E-state index < -0.39 is 23.6 Å². The number of hydrogen-bond acceptors (Lipinski definition) is 5. The van der Waals surface area contributed by atoms with Gasteiger partial charge in [0.2, 0.25) is 5.79 Å². The topological polar surface area (TPSA) is 54.0 Å². The van der Waals surface area contributed by atoms with Crippen LogP contribution in [0, 0.1) is 23.7 Å². The highest BCUT2D eigenvalue weighted by Crippen LogP contribution is 2.38. The molecule has 5 nitrogen and oxygen atoms in total. The molecular formula is C27H36O5. The first-order chi connectivity index (χ1) is 15.4. The van der Waals surface area contributed by atoms with Crippen LogP contribution in [0.25, 0.3) is 0 Å². The van der Waals surface area contributed by atoms with E-state index in [1.165, 1.54) is 33.5 Å². The molecule has 3 unspecified atom stereocenters. The van der Waals surface area contributed by atoms with Gasteiger partial charge in [0, 0.05) is 33.1 Å². The average Bonchev–Trinajstić information content (AvgIpc) is 2.80. The van der Waals surface area contributed by atoms with Crippen LogP contribution >= 0.6 is 0 Å². The molecule has 1 aromatic rings. The van der Waals surface area contributed by atoms with E-state index in [0.29, 0.717) is 6.42 Å². The smallest absolute Gasteiger partial charge is 0.338 e. The van der Waals surface area contributed by atoms with Crippen molar-refractivity contribution in [2.75, 3.05) is 14.2 Å². The maximum absolute atomic E-state index is 12.3. The standard InChI is InChI=1S/C27H36O5/c1-26(29-3)27(2,30-4)32-25(28)24(31-26)22-18-13-11-9-7-5-6-8-10-12-15-19-23-20-16-14-17-21-23/h14,16-17,20-21,24H,5-9,11,13,18,22H2,1-4H3. The van der Waals surface area contributed by atoms with Crippen molar-refractivity contribution >= 4 is 5.97 Å². The molecule has 3 atom stereocenters. The molecule has 32 heavy (non-hydrogen) atoms. The Kier molecular flexibility index (Phi) is 10.8. The van der Waals surface area contributed by atoms with Gasteiger partial charge >= 0.3 is 5.97 Å². The average molecular weight is 441 g/mol. The lowest BCUT2D eigenvalue weighted by molar-refractivity contribution is -0.406. The van der Waals surface area contributed by atoms with Crippen LogP contribution in [0.2, 0.25) is 0 Å². The molecule has 1 heterocycles. The van der Waals surface area contributed by atoms with Crippen LogP contribution in [-0.4, -0.2) is 37.9 Å². The van der Waals surface area contributed by atoms with Crippen LogP contribution in [0.5, 0.6) is 0 Å². The molecule has 5 heteroatoms. The third kappa shape index (κ3) is 7.68. The third-order valence-electron chi connectivity index (χ3n) is 5.93. The fourth-order valence-corrected chi connectivity index (χ4v) is 3.57. The fourth-order valence-electron chi connectivity index (χ4n) is 3.57. The van der Waals surface area contributed by atoms with Gasteiger partial charge in [-0.1, -0.05) is 68.6 Å². The molecule has 0 saturated carbocycles. The van der Waals surface area contributed by atoms with Crippen molar-refractivity contribution in [1.29, 1.82) is 0 Å². The number of benzene rings is 1. The number of carbonyl (C=O) groups is 1. The predicted octanol–water partition coefficient (Wildman–Crippen LogP) is 5.22. The van der Waals surface area contributed by atoms with Gasteiger partial charge in [-0.25, -0.2) is 4.79 Å². The summed E-state index contributed by atoms with van der Waals surface area (Å²) in [6.07, 6.45) is 8.69. The minimum Gasteiger partial charge on any atom is -0.425 e. The maximum Gasteiger partial charge on any atom is 0.338 e. The number of methoxy groups -OCH3 is 2. The highest BCUT2D eigenvalue weighted by Gasteiger charge is 2.57. The van der Waals surface area contributed by atoms with Crippen LogP contribution in [-0.2, 0) is 23.7 Å². The van der Waals surface area contributed by atoms with E-state index in [-0.39, 0.29) is 0 Å². The summed E-state index contributed by atoms with van der Waals surface area (Å²) in [4.78, 5) is 12.3. The molecule has 1 fully saturated rings. The summed E-state index contributed by atoms with van der Waals surface area (Å²) in [6.45, 7) is 3.38. The van der Waals surface area contributed by atoms with Gasteiger partial charge in [-0.2, -0.15) is 0 Å².